The Kier molecular flexibility index (Phi) is 5.37. The van der Waals surface area contributed by atoms with Gasteiger partial charge in [0.05, 0.1) is 5.52 Å². The monoisotopic (exact) mass is 434 g/mol. The number of nitrogens with zero attached hydrogens (tertiary/aromatic N) is 3. The zero-order chi connectivity index (χ0) is 23.1. The molecule has 0 aliphatic carbocycles. The van der Waals surface area contributed by atoms with Crippen LogP contribution in [0.1, 0.15) is 35.0 Å². The van der Waals surface area contributed by atoms with Gasteiger partial charge in [0.15, 0.2) is 5.82 Å². The van der Waals surface area contributed by atoms with Crippen molar-refractivity contribution in [2.75, 3.05) is 5.32 Å². The molecule has 0 amide bonds. The van der Waals surface area contributed by atoms with E-state index < -0.39 is 0 Å². The molecule has 0 radical (unpaired) electrons. The minimum absolute atomic E-state index is 0.227. The number of pyridine rings is 1. The molecule has 4 nitrogen and oxygen atoms in total. The van der Waals surface area contributed by atoms with Crippen molar-refractivity contribution < 1.29 is 0 Å². The number of aromatic nitrogens is 3. The Hall–Kier alpha value is -3.66. The highest BCUT2D eigenvalue weighted by atomic mass is 15.1. The molecule has 5 aromatic rings. The van der Waals surface area contributed by atoms with E-state index in [-0.39, 0.29) is 6.04 Å². The summed E-state index contributed by atoms with van der Waals surface area (Å²) in [7, 11) is 0. The van der Waals surface area contributed by atoms with Crippen LogP contribution in [0.3, 0.4) is 0 Å². The molecule has 166 valence electrons. The Balaban J connectivity index is 1.72. The molecule has 0 spiro atoms. The molecule has 0 bridgehead atoms. The Morgan fingerprint density at radius 1 is 0.848 bits per heavy atom. The average molecular weight is 435 g/mol. The minimum atomic E-state index is 0.227. The highest BCUT2D eigenvalue weighted by Crippen LogP contribution is 2.40. The van der Waals surface area contributed by atoms with E-state index in [4.69, 9.17) is 9.97 Å². The molecule has 5 rings (SSSR count). The summed E-state index contributed by atoms with van der Waals surface area (Å²) >= 11 is 0. The second-order valence-corrected chi connectivity index (χ2v) is 9.16. The largest absolute Gasteiger partial charge is 0.365 e. The third-order valence-electron chi connectivity index (χ3n) is 6.28. The molecule has 1 unspecified atom stereocenters. The van der Waals surface area contributed by atoms with Gasteiger partial charge in [-0.2, -0.15) is 0 Å². The van der Waals surface area contributed by atoms with E-state index in [1.54, 1.807) is 0 Å². The van der Waals surface area contributed by atoms with Gasteiger partial charge < -0.3 is 9.72 Å². The van der Waals surface area contributed by atoms with E-state index >= 15 is 0 Å². The smallest absolute Gasteiger partial charge is 0.154 e. The van der Waals surface area contributed by atoms with Crippen LogP contribution in [0.15, 0.2) is 66.9 Å². The van der Waals surface area contributed by atoms with Crippen LogP contribution >= 0.6 is 0 Å². The fourth-order valence-electron chi connectivity index (χ4n) is 5.11. The van der Waals surface area contributed by atoms with Crippen molar-refractivity contribution >= 4 is 22.4 Å². The first kappa shape index (κ1) is 21.2. The zero-order valence-corrected chi connectivity index (χ0v) is 20.0. The number of aryl methyl sites for hydroxylation is 4. The quantitative estimate of drug-likeness (QED) is 0.330. The lowest BCUT2D eigenvalue weighted by Gasteiger charge is -2.16. The van der Waals surface area contributed by atoms with Crippen molar-refractivity contribution in [2.45, 2.75) is 47.1 Å². The predicted molar refractivity (Wildman–Crippen MR) is 138 cm³/mol. The lowest BCUT2D eigenvalue weighted by Crippen LogP contribution is -2.19. The second kappa shape index (κ2) is 8.36. The summed E-state index contributed by atoms with van der Waals surface area (Å²) in [5, 5.41) is 3.70. The van der Waals surface area contributed by atoms with Crippen LogP contribution in [-0.4, -0.2) is 20.4 Å². The fraction of sp³-hybridized carbons (Fsp3) is 0.241. The van der Waals surface area contributed by atoms with Crippen LogP contribution in [0.25, 0.3) is 27.7 Å². The highest BCUT2D eigenvalue weighted by molar-refractivity contribution is 6.08. The molecule has 0 fully saturated rings. The standard InChI is InChI=1S/C29H30N4/c1-18-15-19(2)25(20(3)16-18)26-24-13-9-10-14-33(24)28-27(26)31-22(5)32-29(28)30-21(4)17-23-11-7-6-8-12-23/h6-16,21H,17H2,1-5H3,(H,30,31,32). The summed E-state index contributed by atoms with van der Waals surface area (Å²) in [5.74, 6) is 1.66. The van der Waals surface area contributed by atoms with Gasteiger partial charge in [-0.1, -0.05) is 54.1 Å². The van der Waals surface area contributed by atoms with Crippen molar-refractivity contribution in [3.63, 3.8) is 0 Å². The molecule has 0 aliphatic heterocycles. The fourth-order valence-corrected chi connectivity index (χ4v) is 5.11. The molecule has 0 aliphatic rings. The van der Waals surface area contributed by atoms with Gasteiger partial charge >= 0.3 is 0 Å². The first-order valence-electron chi connectivity index (χ1n) is 11.6. The lowest BCUT2D eigenvalue weighted by atomic mass is 9.93. The van der Waals surface area contributed by atoms with E-state index in [2.05, 4.69) is 104 Å². The van der Waals surface area contributed by atoms with E-state index in [9.17, 15) is 0 Å². The Morgan fingerprint density at radius 3 is 2.27 bits per heavy atom. The van der Waals surface area contributed by atoms with Gasteiger partial charge in [-0.3, -0.25) is 0 Å². The number of nitrogens with one attached hydrogen (secondary N) is 1. The summed E-state index contributed by atoms with van der Waals surface area (Å²) < 4.78 is 2.24. The van der Waals surface area contributed by atoms with Gasteiger partial charge in [-0.05, 0) is 75.4 Å². The molecule has 2 aromatic carbocycles. The minimum Gasteiger partial charge on any atom is -0.365 e. The molecular weight excluding hydrogens is 404 g/mol. The van der Waals surface area contributed by atoms with Crippen LogP contribution in [-0.2, 0) is 6.42 Å². The van der Waals surface area contributed by atoms with Gasteiger partial charge in [-0.25, -0.2) is 9.97 Å². The van der Waals surface area contributed by atoms with E-state index in [0.717, 1.165) is 34.6 Å². The number of fused-ring (bicyclic) bond motifs is 3. The van der Waals surface area contributed by atoms with Crippen molar-refractivity contribution in [3.8, 4) is 11.1 Å². The van der Waals surface area contributed by atoms with E-state index in [1.807, 2.05) is 6.92 Å². The van der Waals surface area contributed by atoms with Crippen LogP contribution < -0.4 is 5.32 Å². The summed E-state index contributed by atoms with van der Waals surface area (Å²) in [6, 6.07) is 21.7. The molecule has 3 heterocycles. The Labute approximate surface area is 195 Å². The maximum atomic E-state index is 4.97. The third kappa shape index (κ3) is 3.86. The van der Waals surface area contributed by atoms with Crippen molar-refractivity contribution in [1.82, 2.24) is 14.4 Å². The van der Waals surface area contributed by atoms with Gasteiger partial charge in [0.1, 0.15) is 16.9 Å². The van der Waals surface area contributed by atoms with Gasteiger partial charge in [0.2, 0.25) is 0 Å². The van der Waals surface area contributed by atoms with Crippen LogP contribution in [0.5, 0.6) is 0 Å². The Bertz CT molecular complexity index is 1440. The van der Waals surface area contributed by atoms with Crippen LogP contribution in [0, 0.1) is 27.7 Å². The summed E-state index contributed by atoms with van der Waals surface area (Å²) in [4.78, 5) is 9.83. The maximum absolute atomic E-state index is 4.97. The summed E-state index contributed by atoms with van der Waals surface area (Å²) in [5.41, 5.74) is 10.8. The lowest BCUT2D eigenvalue weighted by molar-refractivity contribution is 0.783. The number of rotatable bonds is 5. The molecule has 1 atom stereocenters. The maximum Gasteiger partial charge on any atom is 0.154 e. The number of hydrogen-bond donors (Lipinski definition) is 1. The number of anilines is 1. The van der Waals surface area contributed by atoms with Crippen molar-refractivity contribution in [2.24, 2.45) is 0 Å². The molecule has 1 N–H and O–H groups in total. The first-order chi connectivity index (χ1) is 15.9. The topological polar surface area (TPSA) is 42.2 Å². The third-order valence-corrected chi connectivity index (χ3v) is 6.28. The first-order valence-corrected chi connectivity index (χ1v) is 11.6. The van der Waals surface area contributed by atoms with E-state index in [1.165, 1.54) is 33.4 Å². The van der Waals surface area contributed by atoms with Gasteiger partial charge in [0.25, 0.3) is 0 Å². The molecular formula is C29H30N4. The zero-order valence-electron chi connectivity index (χ0n) is 20.0. The van der Waals surface area contributed by atoms with Gasteiger partial charge in [-0.15, -0.1) is 0 Å². The molecule has 0 saturated heterocycles. The summed E-state index contributed by atoms with van der Waals surface area (Å²) in [6.07, 6.45) is 3.05. The second-order valence-electron chi connectivity index (χ2n) is 9.16. The van der Waals surface area contributed by atoms with E-state index in [0.29, 0.717) is 0 Å². The van der Waals surface area contributed by atoms with Crippen LogP contribution in [0.4, 0.5) is 5.82 Å². The summed E-state index contributed by atoms with van der Waals surface area (Å²) in [6.45, 7) is 10.7. The van der Waals surface area contributed by atoms with Crippen molar-refractivity contribution in [3.05, 3.63) is 94.9 Å². The SMILES string of the molecule is Cc1cc(C)c(-c2c3nc(C)nc(NC(C)Cc4ccccc4)c3n3ccccc23)c(C)c1. The normalized spacial score (nSPS) is 12.4. The average Bonchev–Trinajstić information content (AvgIpc) is 3.08. The predicted octanol–water partition coefficient (Wildman–Crippen LogP) is 6.83. The number of hydrogen-bond acceptors (Lipinski definition) is 3. The van der Waals surface area contributed by atoms with Crippen LogP contribution in [0.2, 0.25) is 0 Å². The molecule has 0 saturated carbocycles. The van der Waals surface area contributed by atoms with Gasteiger partial charge in [0, 0.05) is 17.8 Å². The molecule has 4 heteroatoms. The number of benzene rings is 2. The molecule has 33 heavy (non-hydrogen) atoms. The highest BCUT2D eigenvalue weighted by Gasteiger charge is 2.22. The Morgan fingerprint density at radius 2 is 1.55 bits per heavy atom. The van der Waals surface area contributed by atoms with Crippen molar-refractivity contribution in [1.29, 1.82) is 0 Å². The molecule has 3 aromatic heterocycles.